The zero-order valence-electron chi connectivity index (χ0n) is 9.94. The Morgan fingerprint density at radius 3 is 2.76 bits per heavy atom. The lowest BCUT2D eigenvalue weighted by Crippen LogP contribution is -2.14. The average Bonchev–Trinajstić information content (AvgIpc) is 3.11. The van der Waals surface area contributed by atoms with Crippen LogP contribution in [0, 0.1) is 6.92 Å². The summed E-state index contributed by atoms with van der Waals surface area (Å²) in [4.78, 5) is 5.95. The van der Waals surface area contributed by atoms with Crippen LogP contribution in [0.25, 0.3) is 10.4 Å². The highest BCUT2D eigenvalue weighted by atomic mass is 32.1. The number of rotatable bonds is 4. The number of hydrogen-bond acceptors (Lipinski definition) is 3. The van der Waals surface area contributed by atoms with E-state index >= 15 is 0 Å². The van der Waals surface area contributed by atoms with Crippen molar-refractivity contribution >= 4 is 11.3 Å². The molecule has 1 N–H and O–H groups in total. The first-order valence-electron chi connectivity index (χ1n) is 6.08. The van der Waals surface area contributed by atoms with Gasteiger partial charge < -0.3 is 5.32 Å². The van der Waals surface area contributed by atoms with Gasteiger partial charge in [-0.2, -0.15) is 0 Å². The van der Waals surface area contributed by atoms with Gasteiger partial charge in [-0.1, -0.05) is 30.3 Å². The molecule has 88 valence electrons. The van der Waals surface area contributed by atoms with Crippen molar-refractivity contribution in [3.8, 4) is 10.4 Å². The van der Waals surface area contributed by atoms with Crippen molar-refractivity contribution in [1.82, 2.24) is 10.3 Å². The maximum atomic E-state index is 4.64. The molecule has 2 aromatic rings. The zero-order chi connectivity index (χ0) is 11.7. The Morgan fingerprint density at radius 1 is 1.29 bits per heavy atom. The monoisotopic (exact) mass is 244 g/mol. The second kappa shape index (κ2) is 4.59. The van der Waals surface area contributed by atoms with Crippen molar-refractivity contribution in [2.24, 2.45) is 0 Å². The van der Waals surface area contributed by atoms with Crippen LogP contribution in [-0.4, -0.2) is 11.0 Å². The summed E-state index contributed by atoms with van der Waals surface area (Å²) in [7, 11) is 0. The van der Waals surface area contributed by atoms with Crippen LogP contribution in [0.15, 0.2) is 30.3 Å². The number of benzene rings is 1. The van der Waals surface area contributed by atoms with Gasteiger partial charge in [-0.25, -0.2) is 4.98 Å². The maximum Gasteiger partial charge on any atom is 0.107 e. The Balaban J connectivity index is 1.80. The van der Waals surface area contributed by atoms with Crippen molar-refractivity contribution in [2.45, 2.75) is 32.4 Å². The lowest BCUT2D eigenvalue weighted by Gasteiger charge is -1.97. The molecule has 2 nitrogen and oxygen atoms in total. The molecule has 0 radical (unpaired) electrons. The summed E-state index contributed by atoms with van der Waals surface area (Å²) < 4.78 is 0. The fraction of sp³-hybridized carbons (Fsp3) is 0.357. The molecule has 1 heterocycles. The van der Waals surface area contributed by atoms with E-state index in [0.717, 1.165) is 18.3 Å². The fourth-order valence-corrected chi connectivity index (χ4v) is 2.93. The minimum atomic E-state index is 0.749. The van der Waals surface area contributed by atoms with Gasteiger partial charge in [0.1, 0.15) is 5.01 Å². The van der Waals surface area contributed by atoms with Gasteiger partial charge in [0.05, 0.1) is 10.6 Å². The van der Waals surface area contributed by atoms with Crippen LogP contribution in [0.3, 0.4) is 0 Å². The SMILES string of the molecule is Cc1nc(CNC2CC2)sc1-c1ccccc1. The standard InChI is InChI=1S/C14H16N2S/c1-10-14(11-5-3-2-4-6-11)17-13(16-10)9-15-12-7-8-12/h2-6,12,15H,7-9H2,1H3. The van der Waals surface area contributed by atoms with E-state index in [9.17, 15) is 0 Å². The summed E-state index contributed by atoms with van der Waals surface area (Å²) in [5.41, 5.74) is 2.42. The highest BCUT2D eigenvalue weighted by Crippen LogP contribution is 2.30. The molecule has 17 heavy (non-hydrogen) atoms. The van der Waals surface area contributed by atoms with Crippen LogP contribution in [0.5, 0.6) is 0 Å². The predicted octanol–water partition coefficient (Wildman–Crippen LogP) is 3.37. The molecule has 0 atom stereocenters. The van der Waals surface area contributed by atoms with E-state index in [4.69, 9.17) is 0 Å². The molecule has 0 bridgehead atoms. The Kier molecular flexibility index (Phi) is 2.95. The third-order valence-electron chi connectivity index (χ3n) is 3.00. The Bertz CT molecular complexity index is 500. The smallest absolute Gasteiger partial charge is 0.107 e. The fourth-order valence-electron chi connectivity index (χ4n) is 1.90. The van der Waals surface area contributed by atoms with Crippen LogP contribution >= 0.6 is 11.3 Å². The molecule has 1 aromatic carbocycles. The third kappa shape index (κ3) is 2.56. The summed E-state index contributed by atoms with van der Waals surface area (Å²) in [6, 6.07) is 11.3. The molecule has 1 saturated carbocycles. The number of aryl methyl sites for hydroxylation is 1. The van der Waals surface area contributed by atoms with Gasteiger partial charge in [0, 0.05) is 12.6 Å². The van der Waals surface area contributed by atoms with Crippen molar-refractivity contribution in [3.63, 3.8) is 0 Å². The molecule has 1 aromatic heterocycles. The molecule has 1 aliphatic rings. The summed E-state index contributed by atoms with van der Waals surface area (Å²) in [6.45, 7) is 3.02. The first-order chi connectivity index (χ1) is 8.33. The van der Waals surface area contributed by atoms with Crippen molar-refractivity contribution in [1.29, 1.82) is 0 Å². The van der Waals surface area contributed by atoms with Crippen LogP contribution < -0.4 is 5.32 Å². The van der Waals surface area contributed by atoms with Gasteiger partial charge in [0.25, 0.3) is 0 Å². The molecule has 0 saturated heterocycles. The number of hydrogen-bond donors (Lipinski definition) is 1. The molecule has 1 aliphatic carbocycles. The highest BCUT2D eigenvalue weighted by molar-refractivity contribution is 7.15. The number of thiazole rings is 1. The van der Waals surface area contributed by atoms with Gasteiger partial charge in [-0.15, -0.1) is 11.3 Å². The first kappa shape index (κ1) is 10.9. The molecule has 3 rings (SSSR count). The van der Waals surface area contributed by atoms with Gasteiger partial charge in [0.2, 0.25) is 0 Å². The van der Waals surface area contributed by atoms with E-state index in [1.54, 1.807) is 0 Å². The lowest BCUT2D eigenvalue weighted by molar-refractivity contribution is 0.683. The predicted molar refractivity (Wildman–Crippen MR) is 72.1 cm³/mol. The lowest BCUT2D eigenvalue weighted by atomic mass is 10.2. The Hall–Kier alpha value is -1.19. The van der Waals surface area contributed by atoms with E-state index in [2.05, 4.69) is 47.6 Å². The second-order valence-electron chi connectivity index (χ2n) is 4.54. The normalized spacial score (nSPS) is 15.1. The van der Waals surface area contributed by atoms with E-state index < -0.39 is 0 Å². The third-order valence-corrected chi connectivity index (χ3v) is 4.20. The average molecular weight is 244 g/mol. The number of nitrogens with zero attached hydrogens (tertiary/aromatic N) is 1. The summed E-state index contributed by atoms with van der Waals surface area (Å²) in [5, 5.41) is 4.71. The minimum absolute atomic E-state index is 0.749. The molecule has 0 amide bonds. The highest BCUT2D eigenvalue weighted by Gasteiger charge is 2.20. The summed E-state index contributed by atoms with van der Waals surface area (Å²) in [6.07, 6.45) is 2.66. The molecule has 0 spiro atoms. The van der Waals surface area contributed by atoms with Gasteiger partial charge in [-0.05, 0) is 25.3 Å². The quantitative estimate of drug-likeness (QED) is 0.892. The van der Waals surface area contributed by atoms with E-state index in [0.29, 0.717) is 0 Å². The maximum absolute atomic E-state index is 4.64. The van der Waals surface area contributed by atoms with Crippen molar-refractivity contribution in [3.05, 3.63) is 41.0 Å². The molecular weight excluding hydrogens is 228 g/mol. The van der Waals surface area contributed by atoms with Crippen molar-refractivity contribution < 1.29 is 0 Å². The minimum Gasteiger partial charge on any atom is -0.308 e. The topological polar surface area (TPSA) is 24.9 Å². The van der Waals surface area contributed by atoms with E-state index in [-0.39, 0.29) is 0 Å². The van der Waals surface area contributed by atoms with Crippen LogP contribution in [0.1, 0.15) is 23.5 Å². The van der Waals surface area contributed by atoms with Crippen LogP contribution in [-0.2, 0) is 6.54 Å². The zero-order valence-corrected chi connectivity index (χ0v) is 10.8. The van der Waals surface area contributed by atoms with Crippen LogP contribution in [0.4, 0.5) is 0 Å². The molecular formula is C14H16N2S. The molecule has 3 heteroatoms. The largest absolute Gasteiger partial charge is 0.308 e. The van der Waals surface area contributed by atoms with Gasteiger partial charge in [-0.3, -0.25) is 0 Å². The molecule has 0 unspecified atom stereocenters. The summed E-state index contributed by atoms with van der Waals surface area (Å²) in [5.74, 6) is 0. The van der Waals surface area contributed by atoms with E-state index in [1.165, 1.54) is 28.3 Å². The Morgan fingerprint density at radius 2 is 2.06 bits per heavy atom. The van der Waals surface area contributed by atoms with Gasteiger partial charge in [0.15, 0.2) is 0 Å². The number of nitrogens with one attached hydrogen (secondary N) is 1. The van der Waals surface area contributed by atoms with E-state index in [1.807, 2.05) is 11.3 Å². The first-order valence-corrected chi connectivity index (χ1v) is 6.89. The van der Waals surface area contributed by atoms with Crippen LogP contribution in [0.2, 0.25) is 0 Å². The Labute approximate surface area is 106 Å². The van der Waals surface area contributed by atoms with Crippen molar-refractivity contribution in [2.75, 3.05) is 0 Å². The molecule has 0 aliphatic heterocycles. The number of aromatic nitrogens is 1. The van der Waals surface area contributed by atoms with Gasteiger partial charge >= 0.3 is 0 Å². The second-order valence-corrected chi connectivity index (χ2v) is 5.63. The summed E-state index contributed by atoms with van der Waals surface area (Å²) >= 11 is 1.81. The molecule has 1 fully saturated rings.